The first-order valence-corrected chi connectivity index (χ1v) is 25.5. The summed E-state index contributed by atoms with van der Waals surface area (Å²) in [7, 11) is 0. The number of aliphatic hydroxyl groups is 2. The average Bonchev–Trinajstić information content (AvgIpc) is 3.25. The lowest BCUT2D eigenvalue weighted by molar-refractivity contribution is -0.123. The van der Waals surface area contributed by atoms with Crippen LogP contribution in [0.15, 0.2) is 97.2 Å². The monoisotopic (exact) mass is 832 g/mol. The van der Waals surface area contributed by atoms with Crippen molar-refractivity contribution >= 4 is 5.91 Å². The Hall–Kier alpha value is -2.69. The van der Waals surface area contributed by atoms with Gasteiger partial charge >= 0.3 is 0 Å². The molecule has 0 aliphatic carbocycles. The largest absolute Gasteiger partial charge is 0.394 e. The van der Waals surface area contributed by atoms with Gasteiger partial charge in [-0.1, -0.05) is 246 Å². The van der Waals surface area contributed by atoms with Crippen LogP contribution in [0, 0.1) is 0 Å². The van der Waals surface area contributed by atoms with Gasteiger partial charge in [0.05, 0.1) is 18.8 Å². The second-order valence-electron chi connectivity index (χ2n) is 16.9. The molecule has 344 valence electrons. The van der Waals surface area contributed by atoms with Gasteiger partial charge in [0, 0.05) is 6.42 Å². The first-order valence-electron chi connectivity index (χ1n) is 25.5. The first kappa shape index (κ1) is 57.3. The number of hydrogen-bond donors (Lipinski definition) is 3. The maximum absolute atomic E-state index is 12.4. The topological polar surface area (TPSA) is 69.6 Å². The van der Waals surface area contributed by atoms with Gasteiger partial charge in [0.2, 0.25) is 5.91 Å². The molecule has 4 nitrogen and oxygen atoms in total. The number of rotatable bonds is 45. The molecule has 0 aromatic heterocycles. The molecule has 0 aromatic carbocycles. The highest BCUT2D eigenvalue weighted by atomic mass is 16.3. The molecule has 2 unspecified atom stereocenters. The molecule has 60 heavy (non-hydrogen) atoms. The molecule has 4 heteroatoms. The minimum absolute atomic E-state index is 0.0783. The van der Waals surface area contributed by atoms with Gasteiger partial charge in [-0.15, -0.1) is 0 Å². The highest BCUT2D eigenvalue weighted by Gasteiger charge is 2.17. The predicted molar refractivity (Wildman–Crippen MR) is 266 cm³/mol. The van der Waals surface area contributed by atoms with Crippen molar-refractivity contribution in [2.75, 3.05) is 6.61 Å². The van der Waals surface area contributed by atoms with Gasteiger partial charge in [-0.25, -0.2) is 0 Å². The van der Waals surface area contributed by atoms with E-state index in [0.29, 0.717) is 6.42 Å². The van der Waals surface area contributed by atoms with E-state index in [9.17, 15) is 15.0 Å². The number of allylic oxidation sites excluding steroid dienone is 15. The first-order chi connectivity index (χ1) is 29.7. The van der Waals surface area contributed by atoms with Crippen molar-refractivity contribution in [2.45, 2.75) is 244 Å². The minimum atomic E-state index is -0.851. The van der Waals surface area contributed by atoms with Gasteiger partial charge in [-0.3, -0.25) is 4.79 Å². The number of unbranched alkanes of at least 4 members (excludes halogenated alkanes) is 24. The standard InChI is InChI=1S/C56H97NO3/c1-3-5-7-9-11-13-15-17-19-21-23-24-25-26-27-28-29-30-31-32-34-36-38-40-42-44-46-48-50-52-56(60)57-54(53-58)55(59)51-49-47-45-43-41-39-37-35-33-22-20-18-16-14-12-10-8-6-4-2/h5,7,11,13,17,19,23-24,26-27,29-30,32,34,49,51,54-55,58-59H,3-4,6,8-10,12,14-16,18,20-22,25,28,31,33,35-48,50,52-53H2,1-2H3,(H,57,60)/b7-5-,13-11-,19-17-,24-23-,27-26-,30-29-,34-32-,51-49+. The number of aliphatic hydroxyl groups excluding tert-OH is 2. The molecule has 0 fully saturated rings. The van der Waals surface area contributed by atoms with Gasteiger partial charge in [0.1, 0.15) is 0 Å². The van der Waals surface area contributed by atoms with E-state index in [2.05, 4.69) is 104 Å². The Bertz CT molecular complexity index is 1130. The van der Waals surface area contributed by atoms with E-state index in [4.69, 9.17) is 0 Å². The van der Waals surface area contributed by atoms with E-state index in [0.717, 1.165) is 83.5 Å². The molecule has 0 aliphatic rings. The molecule has 0 radical (unpaired) electrons. The zero-order valence-electron chi connectivity index (χ0n) is 39.4. The zero-order chi connectivity index (χ0) is 43.5. The lowest BCUT2D eigenvalue weighted by Crippen LogP contribution is -2.45. The Morgan fingerprint density at radius 3 is 1.10 bits per heavy atom. The van der Waals surface area contributed by atoms with Crippen LogP contribution in [0.25, 0.3) is 0 Å². The maximum atomic E-state index is 12.4. The van der Waals surface area contributed by atoms with Crippen LogP contribution in [-0.2, 0) is 4.79 Å². The molecule has 2 atom stereocenters. The average molecular weight is 832 g/mol. The fraction of sp³-hybridized carbons (Fsp3) is 0.696. The summed E-state index contributed by atoms with van der Waals surface area (Å²) in [4.78, 5) is 12.4. The van der Waals surface area contributed by atoms with Gasteiger partial charge in [-0.2, -0.15) is 0 Å². The van der Waals surface area contributed by atoms with Crippen molar-refractivity contribution < 1.29 is 15.0 Å². The molecule has 0 aliphatic heterocycles. The smallest absolute Gasteiger partial charge is 0.220 e. The van der Waals surface area contributed by atoms with E-state index in [1.54, 1.807) is 6.08 Å². The number of carbonyl (C=O) groups is 1. The summed E-state index contributed by atoms with van der Waals surface area (Å²) in [5.41, 5.74) is 0. The molecule has 0 saturated carbocycles. The lowest BCUT2D eigenvalue weighted by Gasteiger charge is -2.20. The summed E-state index contributed by atoms with van der Waals surface area (Å²) in [6, 6.07) is -0.635. The number of hydrogen-bond acceptors (Lipinski definition) is 3. The molecule has 0 rings (SSSR count). The van der Waals surface area contributed by atoms with Crippen molar-refractivity contribution in [1.82, 2.24) is 5.32 Å². The Morgan fingerprint density at radius 1 is 0.417 bits per heavy atom. The summed E-state index contributed by atoms with van der Waals surface area (Å²) >= 11 is 0. The third-order valence-corrected chi connectivity index (χ3v) is 11.1. The molecule has 0 saturated heterocycles. The summed E-state index contributed by atoms with van der Waals surface area (Å²) in [6.45, 7) is 4.19. The fourth-order valence-corrected chi connectivity index (χ4v) is 7.22. The lowest BCUT2D eigenvalue weighted by atomic mass is 10.0. The van der Waals surface area contributed by atoms with Crippen LogP contribution in [-0.4, -0.2) is 34.9 Å². The summed E-state index contributed by atoms with van der Waals surface area (Å²) in [5, 5.41) is 23.1. The molecular weight excluding hydrogens is 735 g/mol. The molecule has 0 bridgehead atoms. The van der Waals surface area contributed by atoms with E-state index in [1.165, 1.54) is 128 Å². The minimum Gasteiger partial charge on any atom is -0.394 e. The second kappa shape index (κ2) is 50.7. The molecule has 1 amide bonds. The van der Waals surface area contributed by atoms with Gasteiger partial charge in [0.25, 0.3) is 0 Å². The molecular formula is C56H97NO3. The molecule has 0 heterocycles. The molecule has 0 spiro atoms. The van der Waals surface area contributed by atoms with E-state index in [1.807, 2.05) is 6.08 Å². The van der Waals surface area contributed by atoms with Crippen molar-refractivity contribution in [3.05, 3.63) is 97.2 Å². The second-order valence-corrected chi connectivity index (χ2v) is 16.9. The molecule has 0 aromatic rings. The van der Waals surface area contributed by atoms with Crippen LogP contribution < -0.4 is 5.32 Å². The number of nitrogens with one attached hydrogen (secondary N) is 1. The molecule has 3 N–H and O–H groups in total. The third-order valence-electron chi connectivity index (χ3n) is 11.1. The van der Waals surface area contributed by atoms with Gasteiger partial charge in [0.15, 0.2) is 0 Å². The van der Waals surface area contributed by atoms with Crippen molar-refractivity contribution in [1.29, 1.82) is 0 Å². The van der Waals surface area contributed by atoms with Gasteiger partial charge in [-0.05, 0) is 77.0 Å². The Balaban J connectivity index is 3.63. The van der Waals surface area contributed by atoms with E-state index in [-0.39, 0.29) is 12.5 Å². The third kappa shape index (κ3) is 46.4. The van der Waals surface area contributed by atoms with E-state index < -0.39 is 12.1 Å². The van der Waals surface area contributed by atoms with Gasteiger partial charge < -0.3 is 15.5 Å². The SMILES string of the molecule is CC/C=C\C/C=C\C/C=C\C/C=C\C/C=C\C/C=C\C/C=C\CCCCCCCCCC(=O)NC(CO)C(O)/C=C/CCCCCCCCCCCCCCCCCCC. The highest BCUT2D eigenvalue weighted by Crippen LogP contribution is 2.15. The van der Waals surface area contributed by atoms with Crippen LogP contribution >= 0.6 is 0 Å². The van der Waals surface area contributed by atoms with E-state index >= 15 is 0 Å². The Morgan fingerprint density at radius 2 is 0.733 bits per heavy atom. The zero-order valence-corrected chi connectivity index (χ0v) is 39.4. The summed E-state index contributed by atoms with van der Waals surface area (Å²) < 4.78 is 0. The summed E-state index contributed by atoms with van der Waals surface area (Å²) in [6.07, 6.45) is 75.3. The Labute approximate surface area is 373 Å². The van der Waals surface area contributed by atoms with Crippen LogP contribution in [0.5, 0.6) is 0 Å². The normalized spacial score (nSPS) is 13.7. The predicted octanol–water partition coefficient (Wildman–Crippen LogP) is 16.6. The number of carbonyl (C=O) groups excluding carboxylic acids is 1. The quantitative estimate of drug-likeness (QED) is 0.0423. The van der Waals surface area contributed by atoms with Crippen LogP contribution in [0.4, 0.5) is 0 Å². The maximum Gasteiger partial charge on any atom is 0.220 e. The van der Waals surface area contributed by atoms with Crippen LogP contribution in [0.2, 0.25) is 0 Å². The highest BCUT2D eigenvalue weighted by molar-refractivity contribution is 5.76. The van der Waals surface area contributed by atoms with Crippen molar-refractivity contribution in [2.24, 2.45) is 0 Å². The van der Waals surface area contributed by atoms with Crippen molar-refractivity contribution in [3.8, 4) is 0 Å². The van der Waals surface area contributed by atoms with Crippen LogP contribution in [0.1, 0.15) is 232 Å². The summed E-state index contributed by atoms with van der Waals surface area (Å²) in [5.74, 6) is -0.0783. The Kier molecular flexibility index (Phi) is 48.4. The van der Waals surface area contributed by atoms with Crippen molar-refractivity contribution in [3.63, 3.8) is 0 Å². The number of amides is 1. The fourth-order valence-electron chi connectivity index (χ4n) is 7.22. The van der Waals surface area contributed by atoms with Crippen LogP contribution in [0.3, 0.4) is 0 Å².